The highest BCUT2D eigenvalue weighted by atomic mass is 32.2. The first-order valence-corrected chi connectivity index (χ1v) is 7.60. The van der Waals surface area contributed by atoms with E-state index in [1.807, 2.05) is 23.7 Å². The molecule has 0 saturated heterocycles. The molecule has 0 radical (unpaired) electrons. The number of hydrogen-bond acceptors (Lipinski definition) is 4. The molecule has 0 bridgehead atoms. The molecule has 0 amide bonds. The molecule has 0 aliphatic rings. The van der Waals surface area contributed by atoms with E-state index in [2.05, 4.69) is 24.8 Å². The van der Waals surface area contributed by atoms with Crippen LogP contribution in [0.2, 0.25) is 0 Å². The van der Waals surface area contributed by atoms with Gasteiger partial charge in [0.15, 0.2) is 0 Å². The maximum atomic E-state index is 5.43. The van der Waals surface area contributed by atoms with E-state index >= 15 is 0 Å². The summed E-state index contributed by atoms with van der Waals surface area (Å²) in [7, 11) is 0. The fraction of sp³-hybridized carbons (Fsp3) is 1.00. The summed E-state index contributed by atoms with van der Waals surface area (Å²) >= 11 is 3.75. The van der Waals surface area contributed by atoms with Crippen molar-refractivity contribution in [3.63, 3.8) is 0 Å². The molecule has 86 valence electrons. The minimum Gasteiger partial charge on any atom is -0.379 e. The molecule has 0 unspecified atom stereocenters. The largest absolute Gasteiger partial charge is 0.379 e. The van der Waals surface area contributed by atoms with Gasteiger partial charge in [-0.15, -0.1) is 0 Å². The summed E-state index contributed by atoms with van der Waals surface area (Å²) in [6.07, 6.45) is 4.92. The summed E-state index contributed by atoms with van der Waals surface area (Å²) in [6.45, 7) is 6.07. The molecule has 0 heterocycles. The fourth-order valence-corrected chi connectivity index (χ4v) is 2.22. The van der Waals surface area contributed by atoms with Gasteiger partial charge in [0.2, 0.25) is 0 Å². The first kappa shape index (κ1) is 14.6. The zero-order valence-electron chi connectivity index (χ0n) is 9.54. The van der Waals surface area contributed by atoms with E-state index in [9.17, 15) is 0 Å². The predicted octanol–water partition coefficient (Wildman–Crippen LogP) is 2.79. The van der Waals surface area contributed by atoms with Crippen LogP contribution in [0.15, 0.2) is 0 Å². The second-order valence-corrected chi connectivity index (χ2v) is 5.33. The zero-order valence-corrected chi connectivity index (χ0v) is 11.2. The highest BCUT2D eigenvalue weighted by Crippen LogP contribution is 2.02. The van der Waals surface area contributed by atoms with E-state index in [1.165, 1.54) is 17.9 Å². The lowest BCUT2D eigenvalue weighted by molar-refractivity contribution is 0.0778. The summed E-state index contributed by atoms with van der Waals surface area (Å²) in [5.41, 5.74) is 0. The molecule has 0 spiro atoms. The van der Waals surface area contributed by atoms with Gasteiger partial charge in [0, 0.05) is 18.9 Å². The summed E-state index contributed by atoms with van der Waals surface area (Å²) in [6, 6.07) is 0. The summed E-state index contributed by atoms with van der Waals surface area (Å²) in [5, 5.41) is 0. The van der Waals surface area contributed by atoms with Gasteiger partial charge < -0.3 is 4.74 Å². The monoisotopic (exact) mass is 237 g/mol. The molecule has 2 nitrogen and oxygen atoms in total. The van der Waals surface area contributed by atoms with E-state index < -0.39 is 0 Å². The van der Waals surface area contributed by atoms with Crippen molar-refractivity contribution in [2.45, 2.75) is 32.8 Å². The van der Waals surface area contributed by atoms with Gasteiger partial charge in [0.05, 0.1) is 6.10 Å². The van der Waals surface area contributed by atoms with Gasteiger partial charge >= 0.3 is 0 Å². The first-order valence-electron chi connectivity index (χ1n) is 5.22. The van der Waals surface area contributed by atoms with Gasteiger partial charge in [-0.2, -0.15) is 11.8 Å². The van der Waals surface area contributed by atoms with Gasteiger partial charge in [0.25, 0.3) is 0 Å². The maximum absolute atomic E-state index is 5.43. The van der Waals surface area contributed by atoms with Crippen molar-refractivity contribution in [1.82, 2.24) is 4.72 Å². The number of nitrogens with one attached hydrogen (secondary N) is 1. The second kappa shape index (κ2) is 11.7. The Bertz CT molecular complexity index is 112. The van der Waals surface area contributed by atoms with Crippen molar-refractivity contribution in [3.8, 4) is 0 Å². The Morgan fingerprint density at radius 2 is 2.00 bits per heavy atom. The Labute approximate surface area is 97.1 Å². The van der Waals surface area contributed by atoms with Crippen LogP contribution in [0.3, 0.4) is 0 Å². The SMILES string of the molecule is CSCCCSNCCCOC(C)C. The van der Waals surface area contributed by atoms with Crippen LogP contribution in [0.5, 0.6) is 0 Å². The Morgan fingerprint density at radius 3 is 2.64 bits per heavy atom. The lowest BCUT2D eigenvalue weighted by Gasteiger charge is -2.07. The molecule has 0 saturated carbocycles. The van der Waals surface area contributed by atoms with Crippen LogP contribution < -0.4 is 4.72 Å². The summed E-state index contributed by atoms with van der Waals surface area (Å²) in [4.78, 5) is 0. The molecule has 0 fully saturated rings. The average molecular weight is 237 g/mol. The second-order valence-electron chi connectivity index (χ2n) is 3.36. The van der Waals surface area contributed by atoms with Crippen molar-refractivity contribution in [3.05, 3.63) is 0 Å². The van der Waals surface area contributed by atoms with Gasteiger partial charge in [-0.1, -0.05) is 11.9 Å². The third-order valence-corrected chi connectivity index (χ3v) is 3.17. The molecular weight excluding hydrogens is 214 g/mol. The highest BCUT2D eigenvalue weighted by molar-refractivity contribution is 7.99. The quantitative estimate of drug-likeness (QED) is 0.466. The van der Waals surface area contributed by atoms with Gasteiger partial charge in [-0.25, -0.2) is 0 Å². The number of thioether (sulfide) groups is 1. The molecule has 14 heavy (non-hydrogen) atoms. The van der Waals surface area contributed by atoms with Gasteiger partial charge in [0.1, 0.15) is 0 Å². The molecule has 0 atom stereocenters. The van der Waals surface area contributed by atoms with Crippen molar-refractivity contribution in [2.24, 2.45) is 0 Å². The molecule has 4 heteroatoms. The molecular formula is C10H23NOS2. The van der Waals surface area contributed by atoms with Crippen LogP contribution >= 0.6 is 23.7 Å². The lowest BCUT2D eigenvalue weighted by Crippen LogP contribution is -2.12. The maximum Gasteiger partial charge on any atom is 0.0518 e. The van der Waals surface area contributed by atoms with Crippen LogP contribution in [-0.4, -0.2) is 37.0 Å². The Morgan fingerprint density at radius 1 is 1.21 bits per heavy atom. The van der Waals surface area contributed by atoms with Crippen LogP contribution in [0.4, 0.5) is 0 Å². The van der Waals surface area contributed by atoms with Crippen LogP contribution in [0.1, 0.15) is 26.7 Å². The molecule has 0 aromatic heterocycles. The number of hydrogen-bond donors (Lipinski definition) is 1. The van der Waals surface area contributed by atoms with Crippen LogP contribution in [0, 0.1) is 0 Å². The predicted molar refractivity (Wildman–Crippen MR) is 69.2 cm³/mol. The van der Waals surface area contributed by atoms with Crippen LogP contribution in [0.25, 0.3) is 0 Å². The van der Waals surface area contributed by atoms with Crippen molar-refractivity contribution in [2.75, 3.05) is 30.9 Å². The third kappa shape index (κ3) is 12.6. The third-order valence-electron chi connectivity index (χ3n) is 1.57. The van der Waals surface area contributed by atoms with E-state index in [4.69, 9.17) is 4.74 Å². The number of rotatable bonds is 10. The topological polar surface area (TPSA) is 21.3 Å². The first-order chi connectivity index (χ1) is 6.77. The molecule has 0 rings (SSSR count). The fourth-order valence-electron chi connectivity index (χ4n) is 0.883. The average Bonchev–Trinajstić information content (AvgIpc) is 2.15. The minimum atomic E-state index is 0.365. The molecule has 0 aromatic carbocycles. The summed E-state index contributed by atoms with van der Waals surface area (Å²) < 4.78 is 8.78. The molecule has 0 aromatic rings. The zero-order chi connectivity index (χ0) is 10.6. The lowest BCUT2D eigenvalue weighted by atomic mass is 10.4. The Kier molecular flexibility index (Phi) is 12.2. The van der Waals surface area contributed by atoms with Crippen molar-refractivity contribution < 1.29 is 4.74 Å². The molecule has 1 N–H and O–H groups in total. The van der Waals surface area contributed by atoms with E-state index in [-0.39, 0.29) is 0 Å². The Balaban J connectivity index is 2.85. The van der Waals surface area contributed by atoms with E-state index in [0.29, 0.717) is 6.10 Å². The minimum absolute atomic E-state index is 0.365. The highest BCUT2D eigenvalue weighted by Gasteiger charge is 1.93. The standard InChI is InChI=1S/C10H23NOS2/c1-10(2)12-7-4-6-11-14-9-5-8-13-3/h10-11H,4-9H2,1-3H3. The van der Waals surface area contributed by atoms with Crippen molar-refractivity contribution in [1.29, 1.82) is 0 Å². The van der Waals surface area contributed by atoms with Gasteiger partial charge in [-0.05, 0) is 38.7 Å². The normalized spacial score (nSPS) is 11.1. The number of ether oxygens (including phenoxy) is 1. The summed E-state index contributed by atoms with van der Waals surface area (Å²) in [5.74, 6) is 2.48. The molecule has 0 aliphatic carbocycles. The van der Waals surface area contributed by atoms with Crippen LogP contribution in [-0.2, 0) is 4.74 Å². The molecule has 0 aliphatic heterocycles. The smallest absolute Gasteiger partial charge is 0.0518 e. The van der Waals surface area contributed by atoms with E-state index in [1.54, 1.807) is 0 Å². The van der Waals surface area contributed by atoms with E-state index in [0.717, 1.165) is 19.6 Å². The Hall–Kier alpha value is 0.620. The van der Waals surface area contributed by atoms with Gasteiger partial charge in [-0.3, -0.25) is 4.72 Å². The van der Waals surface area contributed by atoms with Crippen molar-refractivity contribution >= 4 is 23.7 Å².